The number of fused-ring (bicyclic) bond motifs is 1. The molecule has 0 fully saturated rings. The molecule has 1 atom stereocenters. The maximum absolute atomic E-state index is 6.02. The number of hydrogen-bond acceptors (Lipinski definition) is 4. The highest BCUT2D eigenvalue weighted by molar-refractivity contribution is 7.11. The average molecular weight is 288 g/mol. The molecule has 0 saturated heterocycles. The summed E-state index contributed by atoms with van der Waals surface area (Å²) in [5.41, 5.74) is 2.78. The molecule has 3 nitrogen and oxygen atoms in total. The van der Waals surface area contributed by atoms with Crippen molar-refractivity contribution in [3.05, 3.63) is 45.4 Å². The quantitative estimate of drug-likeness (QED) is 0.912. The Morgan fingerprint density at radius 3 is 3.10 bits per heavy atom. The van der Waals surface area contributed by atoms with Gasteiger partial charge in [-0.25, -0.2) is 4.98 Å². The van der Waals surface area contributed by atoms with Gasteiger partial charge in [-0.15, -0.1) is 11.3 Å². The summed E-state index contributed by atoms with van der Waals surface area (Å²) in [6.45, 7) is 5.81. The minimum absolute atomic E-state index is 0.490. The number of nitrogens with zero attached hydrogens (tertiary/aromatic N) is 1. The zero-order valence-electron chi connectivity index (χ0n) is 12.0. The van der Waals surface area contributed by atoms with Crippen LogP contribution >= 0.6 is 11.3 Å². The van der Waals surface area contributed by atoms with Crippen molar-refractivity contribution in [1.82, 2.24) is 10.3 Å². The van der Waals surface area contributed by atoms with Gasteiger partial charge in [-0.1, -0.05) is 19.1 Å². The van der Waals surface area contributed by atoms with Gasteiger partial charge in [-0.2, -0.15) is 0 Å². The first-order chi connectivity index (χ1) is 9.78. The number of rotatable bonds is 5. The van der Waals surface area contributed by atoms with E-state index in [0.717, 1.165) is 23.7 Å². The molecular formula is C16H20N2OS. The second-order valence-corrected chi connectivity index (χ2v) is 6.43. The number of nitrogens with one attached hydrogen (secondary N) is 1. The Hall–Kier alpha value is -1.39. The van der Waals surface area contributed by atoms with Gasteiger partial charge in [0.25, 0.3) is 0 Å². The zero-order valence-corrected chi connectivity index (χ0v) is 12.8. The predicted octanol–water partition coefficient (Wildman–Crippen LogP) is 3.63. The highest BCUT2D eigenvalue weighted by Crippen LogP contribution is 2.37. The molecule has 0 bridgehead atoms. The number of ether oxygens (including phenoxy) is 1. The summed E-state index contributed by atoms with van der Waals surface area (Å²) in [6, 6.07) is 6.89. The molecule has 1 N–H and O–H groups in total. The second kappa shape index (κ2) is 5.94. The third-order valence-electron chi connectivity index (χ3n) is 3.72. The van der Waals surface area contributed by atoms with Crippen LogP contribution < -0.4 is 10.1 Å². The van der Waals surface area contributed by atoms with Crippen LogP contribution in [0.4, 0.5) is 0 Å². The van der Waals surface area contributed by atoms with Gasteiger partial charge in [-0.05, 0) is 43.5 Å². The lowest BCUT2D eigenvalue weighted by Gasteiger charge is -2.14. The van der Waals surface area contributed by atoms with E-state index in [1.54, 1.807) is 11.3 Å². The van der Waals surface area contributed by atoms with Crippen molar-refractivity contribution in [1.29, 1.82) is 0 Å². The molecule has 1 aliphatic rings. The molecule has 0 spiro atoms. The van der Waals surface area contributed by atoms with Gasteiger partial charge in [0, 0.05) is 12.2 Å². The molecule has 1 aromatic carbocycles. The average Bonchev–Trinajstić information content (AvgIpc) is 3.04. The topological polar surface area (TPSA) is 34.1 Å². The first-order valence-electron chi connectivity index (χ1n) is 7.17. The van der Waals surface area contributed by atoms with E-state index in [9.17, 15) is 0 Å². The van der Waals surface area contributed by atoms with E-state index in [-0.39, 0.29) is 0 Å². The lowest BCUT2D eigenvalue weighted by Crippen LogP contribution is -2.18. The molecule has 4 heteroatoms. The van der Waals surface area contributed by atoms with Gasteiger partial charge in [0.15, 0.2) is 0 Å². The van der Waals surface area contributed by atoms with E-state index in [1.807, 2.05) is 13.1 Å². The molecule has 1 unspecified atom stereocenters. The van der Waals surface area contributed by atoms with Gasteiger partial charge >= 0.3 is 0 Å². The molecule has 0 radical (unpaired) electrons. The van der Waals surface area contributed by atoms with Gasteiger partial charge in [-0.3, -0.25) is 0 Å². The van der Waals surface area contributed by atoms with Crippen LogP contribution in [-0.2, 0) is 13.0 Å². The van der Waals surface area contributed by atoms with E-state index < -0.39 is 0 Å². The molecule has 0 saturated carbocycles. The van der Waals surface area contributed by atoms with E-state index in [1.165, 1.54) is 22.4 Å². The Morgan fingerprint density at radius 2 is 2.35 bits per heavy atom. The first-order valence-corrected chi connectivity index (χ1v) is 7.99. The van der Waals surface area contributed by atoms with Crippen molar-refractivity contribution in [3.8, 4) is 5.75 Å². The maximum Gasteiger partial charge on any atom is 0.124 e. The SMILES string of the molecule is CCNC1CCc2c(OCc3cnc(C)s3)cccc21. The second-order valence-electron chi connectivity index (χ2n) is 5.11. The number of aromatic nitrogens is 1. The summed E-state index contributed by atoms with van der Waals surface area (Å²) < 4.78 is 6.02. The fourth-order valence-corrected chi connectivity index (χ4v) is 3.54. The van der Waals surface area contributed by atoms with Crippen LogP contribution in [-0.4, -0.2) is 11.5 Å². The molecule has 20 heavy (non-hydrogen) atoms. The van der Waals surface area contributed by atoms with Crippen LogP contribution in [0.25, 0.3) is 0 Å². The van der Waals surface area contributed by atoms with Gasteiger partial charge < -0.3 is 10.1 Å². The third kappa shape index (κ3) is 2.72. The van der Waals surface area contributed by atoms with Crippen LogP contribution in [0, 0.1) is 6.92 Å². The monoisotopic (exact) mass is 288 g/mol. The molecule has 0 amide bonds. The van der Waals surface area contributed by atoms with Crippen molar-refractivity contribution >= 4 is 11.3 Å². The molecule has 1 heterocycles. The summed E-state index contributed by atoms with van der Waals surface area (Å²) in [4.78, 5) is 5.45. The summed E-state index contributed by atoms with van der Waals surface area (Å²) in [5, 5.41) is 4.63. The summed E-state index contributed by atoms with van der Waals surface area (Å²) in [6.07, 6.45) is 4.18. The van der Waals surface area contributed by atoms with Gasteiger partial charge in [0.1, 0.15) is 12.4 Å². The summed E-state index contributed by atoms with van der Waals surface area (Å²) in [5.74, 6) is 1.04. The highest BCUT2D eigenvalue weighted by atomic mass is 32.1. The molecule has 1 aromatic heterocycles. The third-order valence-corrected chi connectivity index (χ3v) is 4.60. The van der Waals surface area contributed by atoms with E-state index >= 15 is 0 Å². The van der Waals surface area contributed by atoms with Crippen LogP contribution in [0.5, 0.6) is 5.75 Å². The normalized spacial score (nSPS) is 17.2. The fraction of sp³-hybridized carbons (Fsp3) is 0.438. The minimum atomic E-state index is 0.490. The van der Waals surface area contributed by atoms with Crippen LogP contribution in [0.3, 0.4) is 0 Å². The van der Waals surface area contributed by atoms with Crippen molar-refractivity contribution in [2.24, 2.45) is 0 Å². The van der Waals surface area contributed by atoms with Gasteiger partial charge in [0.2, 0.25) is 0 Å². The Bertz CT molecular complexity index is 594. The van der Waals surface area contributed by atoms with Crippen LogP contribution in [0.15, 0.2) is 24.4 Å². The smallest absolute Gasteiger partial charge is 0.124 e. The molecular weight excluding hydrogens is 268 g/mol. The summed E-state index contributed by atoms with van der Waals surface area (Å²) in [7, 11) is 0. The fourth-order valence-electron chi connectivity index (χ4n) is 2.84. The lowest BCUT2D eigenvalue weighted by atomic mass is 10.1. The van der Waals surface area contributed by atoms with Gasteiger partial charge in [0.05, 0.1) is 9.88 Å². The zero-order chi connectivity index (χ0) is 13.9. The Kier molecular flexibility index (Phi) is 4.03. The van der Waals surface area contributed by atoms with Crippen molar-refractivity contribution in [3.63, 3.8) is 0 Å². The Balaban J connectivity index is 1.75. The molecule has 3 rings (SSSR count). The molecule has 1 aliphatic carbocycles. The van der Waals surface area contributed by atoms with E-state index in [0.29, 0.717) is 12.6 Å². The molecule has 106 valence electrons. The standard InChI is InChI=1S/C16H20N2OS/c1-3-17-15-8-7-14-13(15)5-4-6-16(14)19-10-12-9-18-11(2)20-12/h4-6,9,15,17H,3,7-8,10H2,1-2H3. The molecule has 2 aromatic rings. The number of benzene rings is 1. The van der Waals surface area contributed by atoms with Crippen molar-refractivity contribution in [2.45, 2.75) is 39.3 Å². The Labute approximate surface area is 124 Å². The predicted molar refractivity (Wildman–Crippen MR) is 82.4 cm³/mol. The van der Waals surface area contributed by atoms with Crippen molar-refractivity contribution in [2.75, 3.05) is 6.54 Å². The van der Waals surface area contributed by atoms with E-state index in [4.69, 9.17) is 4.74 Å². The van der Waals surface area contributed by atoms with Crippen molar-refractivity contribution < 1.29 is 4.74 Å². The number of hydrogen-bond donors (Lipinski definition) is 1. The maximum atomic E-state index is 6.02. The first kappa shape index (κ1) is 13.6. The molecule has 0 aliphatic heterocycles. The van der Waals surface area contributed by atoms with Crippen LogP contribution in [0.2, 0.25) is 0 Å². The minimum Gasteiger partial charge on any atom is -0.488 e. The number of aryl methyl sites for hydroxylation is 1. The lowest BCUT2D eigenvalue weighted by molar-refractivity contribution is 0.306. The van der Waals surface area contributed by atoms with Crippen LogP contribution in [0.1, 0.15) is 40.4 Å². The van der Waals surface area contributed by atoms with E-state index in [2.05, 4.69) is 35.4 Å². The largest absolute Gasteiger partial charge is 0.488 e. The summed E-state index contributed by atoms with van der Waals surface area (Å²) >= 11 is 1.70. The highest BCUT2D eigenvalue weighted by Gasteiger charge is 2.24. The number of thiazole rings is 1. The Morgan fingerprint density at radius 1 is 1.45 bits per heavy atom.